The lowest BCUT2D eigenvalue weighted by Crippen LogP contribution is -2.28. The number of thiazole rings is 1. The van der Waals surface area contributed by atoms with Crippen molar-refractivity contribution in [1.29, 1.82) is 0 Å². The highest BCUT2D eigenvalue weighted by atomic mass is 32.1. The van der Waals surface area contributed by atoms with Crippen molar-refractivity contribution in [2.24, 2.45) is 0 Å². The van der Waals surface area contributed by atoms with E-state index in [1.807, 2.05) is 30.3 Å². The highest BCUT2D eigenvalue weighted by Crippen LogP contribution is 2.14. The van der Waals surface area contributed by atoms with Crippen molar-refractivity contribution in [3.8, 4) is 5.75 Å². The number of esters is 1. The summed E-state index contributed by atoms with van der Waals surface area (Å²) >= 11 is 1.08. The molecular formula is C21H15N3O4S. The van der Waals surface area contributed by atoms with Crippen molar-refractivity contribution in [3.63, 3.8) is 0 Å². The number of carbonyl (C=O) groups excluding carboxylic acids is 1. The summed E-state index contributed by atoms with van der Waals surface area (Å²) in [5.41, 5.74) is 1.01. The van der Waals surface area contributed by atoms with Crippen molar-refractivity contribution < 1.29 is 9.53 Å². The van der Waals surface area contributed by atoms with Crippen LogP contribution in [0.3, 0.4) is 0 Å². The Bertz CT molecular complexity index is 1380. The lowest BCUT2D eigenvalue weighted by atomic mass is 10.1. The van der Waals surface area contributed by atoms with Crippen LogP contribution in [0, 0.1) is 0 Å². The standard InChI is InChI=1S/C21H15N3O4S/c1-13(25)28-16-9-5-8-15(10-16)12-18-20(27)24-21(29-18)22-19(26)17(23-24)11-14-6-3-2-4-7-14/h2-10,12H,11H2,1H3/b18-12-. The fourth-order valence-corrected chi connectivity index (χ4v) is 3.73. The predicted molar refractivity (Wildman–Crippen MR) is 109 cm³/mol. The van der Waals surface area contributed by atoms with Gasteiger partial charge in [-0.3, -0.25) is 14.4 Å². The van der Waals surface area contributed by atoms with E-state index in [4.69, 9.17) is 4.74 Å². The second-order valence-electron chi connectivity index (χ2n) is 6.30. The zero-order chi connectivity index (χ0) is 20.4. The Morgan fingerprint density at radius 1 is 1.14 bits per heavy atom. The maximum absolute atomic E-state index is 12.8. The first-order valence-electron chi connectivity index (χ1n) is 8.76. The molecule has 7 nitrogen and oxygen atoms in total. The van der Waals surface area contributed by atoms with Gasteiger partial charge in [0, 0.05) is 13.3 Å². The lowest BCUT2D eigenvalue weighted by molar-refractivity contribution is -0.131. The number of aromatic nitrogens is 3. The number of hydrogen-bond donors (Lipinski definition) is 0. The van der Waals surface area contributed by atoms with Crippen molar-refractivity contribution in [2.45, 2.75) is 13.3 Å². The first kappa shape index (κ1) is 18.7. The minimum Gasteiger partial charge on any atom is -0.427 e. The van der Waals surface area contributed by atoms with E-state index in [2.05, 4.69) is 10.1 Å². The number of nitrogens with zero attached hydrogens (tertiary/aromatic N) is 3. The van der Waals surface area contributed by atoms with E-state index in [-0.39, 0.29) is 16.2 Å². The molecule has 0 spiro atoms. The van der Waals surface area contributed by atoms with Gasteiger partial charge >= 0.3 is 5.97 Å². The zero-order valence-electron chi connectivity index (χ0n) is 15.4. The third-order valence-electron chi connectivity index (χ3n) is 4.08. The quantitative estimate of drug-likeness (QED) is 0.378. The summed E-state index contributed by atoms with van der Waals surface area (Å²) in [6.07, 6.45) is 1.95. The van der Waals surface area contributed by atoms with Crippen LogP contribution >= 0.6 is 11.3 Å². The summed E-state index contributed by atoms with van der Waals surface area (Å²) in [6.45, 7) is 1.32. The largest absolute Gasteiger partial charge is 0.427 e. The van der Waals surface area contributed by atoms with Crippen LogP contribution in [0.15, 0.2) is 64.2 Å². The second kappa shape index (κ2) is 7.76. The number of fused-ring (bicyclic) bond motifs is 1. The number of hydrogen-bond acceptors (Lipinski definition) is 7. The van der Waals surface area contributed by atoms with Gasteiger partial charge in [-0.2, -0.15) is 14.6 Å². The molecule has 0 unspecified atom stereocenters. The Kier molecular flexibility index (Phi) is 5.01. The molecule has 0 aliphatic carbocycles. The summed E-state index contributed by atoms with van der Waals surface area (Å²) in [7, 11) is 0. The number of carbonyl (C=O) groups is 1. The molecule has 4 rings (SSSR count). The molecule has 0 aliphatic rings. The van der Waals surface area contributed by atoms with Crippen LogP contribution in [0.2, 0.25) is 0 Å². The topological polar surface area (TPSA) is 90.6 Å². The smallest absolute Gasteiger partial charge is 0.308 e. The zero-order valence-corrected chi connectivity index (χ0v) is 16.2. The van der Waals surface area contributed by atoms with Gasteiger partial charge in [0.1, 0.15) is 11.4 Å². The molecule has 0 saturated heterocycles. The molecule has 2 heterocycles. The molecule has 0 N–H and O–H groups in total. The first-order valence-corrected chi connectivity index (χ1v) is 9.58. The summed E-state index contributed by atoms with van der Waals surface area (Å²) in [4.78, 5) is 40.5. The lowest BCUT2D eigenvalue weighted by Gasteiger charge is -2.01. The third-order valence-corrected chi connectivity index (χ3v) is 5.04. The summed E-state index contributed by atoms with van der Waals surface area (Å²) in [5.74, 6) is -0.0397. The fraction of sp³-hybridized carbons (Fsp3) is 0.0952. The molecule has 29 heavy (non-hydrogen) atoms. The van der Waals surface area contributed by atoms with Crippen LogP contribution in [0.1, 0.15) is 23.7 Å². The highest BCUT2D eigenvalue weighted by molar-refractivity contribution is 7.15. The second-order valence-corrected chi connectivity index (χ2v) is 7.31. The summed E-state index contributed by atoms with van der Waals surface area (Å²) in [5, 5.41) is 4.24. The molecule has 4 aromatic rings. The fourth-order valence-electron chi connectivity index (χ4n) is 2.83. The molecule has 0 radical (unpaired) electrons. The molecule has 0 aliphatic heterocycles. The maximum atomic E-state index is 12.8. The van der Waals surface area contributed by atoms with Gasteiger partial charge in [0.2, 0.25) is 4.96 Å². The Hall–Kier alpha value is -3.65. The van der Waals surface area contributed by atoms with Crippen LogP contribution in [-0.4, -0.2) is 20.6 Å². The monoisotopic (exact) mass is 405 g/mol. The van der Waals surface area contributed by atoms with Gasteiger partial charge in [0.05, 0.1) is 4.53 Å². The molecular weight excluding hydrogens is 390 g/mol. The van der Waals surface area contributed by atoms with E-state index < -0.39 is 11.5 Å². The molecule has 0 amide bonds. The highest BCUT2D eigenvalue weighted by Gasteiger charge is 2.11. The Balaban J connectivity index is 1.76. The van der Waals surface area contributed by atoms with Gasteiger partial charge in [-0.25, -0.2) is 0 Å². The Morgan fingerprint density at radius 2 is 1.93 bits per heavy atom. The molecule has 8 heteroatoms. The minimum atomic E-state index is -0.446. The van der Waals surface area contributed by atoms with Crippen LogP contribution < -0.4 is 20.4 Å². The van der Waals surface area contributed by atoms with Gasteiger partial charge in [-0.15, -0.1) is 0 Å². The Morgan fingerprint density at radius 3 is 2.69 bits per heavy atom. The van der Waals surface area contributed by atoms with E-state index in [1.54, 1.807) is 30.3 Å². The van der Waals surface area contributed by atoms with Crippen molar-refractivity contribution >= 4 is 28.3 Å². The minimum absolute atomic E-state index is 0.215. The van der Waals surface area contributed by atoms with E-state index in [0.29, 0.717) is 22.3 Å². The molecule has 0 atom stereocenters. The SMILES string of the molecule is CC(=O)Oc1cccc(/C=c2\sc3nc(=O)c(Cc4ccccc4)nn3c2=O)c1. The number of ether oxygens (including phenoxy) is 1. The average Bonchev–Trinajstić information content (AvgIpc) is 2.97. The molecule has 2 aromatic heterocycles. The van der Waals surface area contributed by atoms with Crippen LogP contribution in [-0.2, 0) is 11.2 Å². The summed E-state index contributed by atoms with van der Waals surface area (Å²) in [6, 6.07) is 16.2. The first-order chi connectivity index (χ1) is 14.0. The normalized spacial score (nSPS) is 11.7. The number of benzene rings is 2. The molecule has 2 aromatic carbocycles. The van der Waals surface area contributed by atoms with Crippen LogP contribution in [0.4, 0.5) is 0 Å². The average molecular weight is 405 g/mol. The van der Waals surface area contributed by atoms with Crippen molar-refractivity contribution in [1.82, 2.24) is 14.6 Å². The molecule has 0 saturated carbocycles. The number of rotatable bonds is 4. The Labute approximate surface area is 168 Å². The predicted octanol–water partition coefficient (Wildman–Crippen LogP) is 1.57. The summed E-state index contributed by atoms with van der Waals surface area (Å²) < 4.78 is 6.60. The van der Waals surface area contributed by atoms with E-state index in [1.165, 1.54) is 6.92 Å². The molecule has 0 fully saturated rings. The van der Waals surface area contributed by atoms with E-state index in [0.717, 1.165) is 21.4 Å². The van der Waals surface area contributed by atoms with Gasteiger partial charge in [-0.1, -0.05) is 53.8 Å². The van der Waals surface area contributed by atoms with Gasteiger partial charge < -0.3 is 4.74 Å². The molecule has 0 bridgehead atoms. The maximum Gasteiger partial charge on any atom is 0.308 e. The van der Waals surface area contributed by atoms with Crippen LogP contribution in [0.25, 0.3) is 11.0 Å². The third kappa shape index (κ3) is 4.12. The van der Waals surface area contributed by atoms with Crippen molar-refractivity contribution in [3.05, 3.63) is 96.7 Å². The van der Waals surface area contributed by atoms with E-state index >= 15 is 0 Å². The van der Waals surface area contributed by atoms with Crippen molar-refractivity contribution in [2.75, 3.05) is 0 Å². The van der Waals surface area contributed by atoms with Crippen LogP contribution in [0.5, 0.6) is 5.75 Å². The van der Waals surface area contributed by atoms with Gasteiger partial charge in [0.25, 0.3) is 11.1 Å². The van der Waals surface area contributed by atoms with Gasteiger partial charge in [0.15, 0.2) is 0 Å². The van der Waals surface area contributed by atoms with E-state index in [9.17, 15) is 14.4 Å². The molecule has 144 valence electrons. The van der Waals surface area contributed by atoms with Gasteiger partial charge in [-0.05, 0) is 29.3 Å².